The zero-order valence-corrected chi connectivity index (χ0v) is 18.5. The molecular weight excluding hydrogens is 505 g/mol. The zero-order chi connectivity index (χ0) is 23.2. The van der Waals surface area contributed by atoms with Crippen molar-refractivity contribution in [1.82, 2.24) is 14.5 Å². The Balaban J connectivity index is 1.69. The largest absolute Gasteiger partial charge is 0.488 e. The van der Waals surface area contributed by atoms with Gasteiger partial charge < -0.3 is 49.3 Å². The van der Waals surface area contributed by atoms with E-state index in [1.807, 2.05) is 0 Å². The third kappa shape index (κ3) is 5.93. The number of aliphatic hydroxyl groups is 2. The van der Waals surface area contributed by atoms with Crippen LogP contribution in [0.25, 0.3) is 11.0 Å². The number of hydrogen-bond acceptors (Lipinski definition) is 12. The third-order valence-electron chi connectivity index (χ3n) is 3.95. The predicted octanol–water partition coefficient (Wildman–Crippen LogP) is -0.908. The molecule has 8 N–H and O–H groups in total. The van der Waals surface area contributed by atoms with E-state index in [-0.39, 0.29) is 5.82 Å². The van der Waals surface area contributed by atoms with Crippen molar-refractivity contribution in [2.24, 2.45) is 0 Å². The molecule has 2 unspecified atom stereocenters. The fourth-order valence-electron chi connectivity index (χ4n) is 2.75. The molecule has 1 aliphatic rings. The van der Waals surface area contributed by atoms with Gasteiger partial charge in [0.15, 0.2) is 12.0 Å². The van der Waals surface area contributed by atoms with Crippen molar-refractivity contribution < 1.29 is 56.8 Å². The Morgan fingerprint density at radius 3 is 2.48 bits per heavy atom. The third-order valence-corrected chi connectivity index (χ3v) is 8.67. The minimum absolute atomic E-state index is 0.133. The first kappa shape index (κ1) is 24.8. The highest BCUT2D eigenvalue weighted by Crippen LogP contribution is 2.66. The normalized spacial score (nSPS) is 28.5. The number of aromatic nitrogens is 3. The number of aliphatic hydroxyl groups excluding tert-OH is 2. The van der Waals surface area contributed by atoms with Crippen LogP contribution in [0.2, 0.25) is 0 Å². The summed E-state index contributed by atoms with van der Waals surface area (Å²) in [5.74, 6) is 0.133. The second-order valence-corrected chi connectivity index (χ2v) is 12.0. The summed E-state index contributed by atoms with van der Waals surface area (Å²) in [7, 11) is -10.9. The van der Waals surface area contributed by atoms with Gasteiger partial charge >= 0.3 is 22.4 Å². The van der Waals surface area contributed by atoms with Gasteiger partial charge in [0.05, 0.1) is 18.5 Å². The first-order chi connectivity index (χ1) is 14.2. The average Bonchev–Trinajstić information content (AvgIpc) is 3.13. The monoisotopic (exact) mass is 522 g/mol. The maximum atomic E-state index is 11.5. The Kier molecular flexibility index (Phi) is 7.04. The molecule has 0 bridgehead atoms. The summed E-state index contributed by atoms with van der Waals surface area (Å²) in [6.07, 6.45) is -2.79. The molecule has 16 nitrogen and oxygen atoms in total. The van der Waals surface area contributed by atoms with Gasteiger partial charge in [0.1, 0.15) is 23.8 Å². The van der Waals surface area contributed by atoms with E-state index in [0.29, 0.717) is 11.0 Å². The Morgan fingerprint density at radius 1 is 1.16 bits per heavy atom. The number of anilines is 1. The molecule has 0 amide bonds. The van der Waals surface area contributed by atoms with Gasteiger partial charge in [0.2, 0.25) is 0 Å². The van der Waals surface area contributed by atoms with E-state index in [1.54, 1.807) is 6.07 Å². The number of fused-ring (bicyclic) bond motifs is 1. The summed E-state index contributed by atoms with van der Waals surface area (Å²) >= 11 is 4.49. The molecule has 0 aliphatic carbocycles. The van der Waals surface area contributed by atoms with Crippen molar-refractivity contribution >= 4 is 51.0 Å². The molecule has 2 aromatic rings. The zero-order valence-electron chi connectivity index (χ0n) is 15.1. The number of rotatable bonds is 8. The molecule has 2 aromatic heterocycles. The van der Waals surface area contributed by atoms with Gasteiger partial charge in [-0.15, -0.1) is 0 Å². The number of phosphoric acid groups is 2. The minimum Gasteiger partial charge on any atom is -0.387 e. The Morgan fingerprint density at radius 2 is 1.84 bits per heavy atom. The summed E-state index contributed by atoms with van der Waals surface area (Å²) in [6, 6.07) is 1.55. The number of pyridine rings is 1. The molecule has 0 aromatic carbocycles. The molecular formula is C11H17N4O12P3S. The number of nitrogen functional groups attached to an aromatic ring is 1. The molecule has 0 spiro atoms. The molecule has 6 atom stereocenters. The summed E-state index contributed by atoms with van der Waals surface area (Å²) in [6.45, 7) is -5.32. The standard InChI is InChI=1S/C11H17N4O12P3S/c12-10-7-5(1-2-13-10)15(4-14-7)11-9(17)8(16)6(25-11)3-24-30(23,31)27-29(21,22)26-28(18,19)20/h1-2,4,6,8-9,11,16-17H,3H2,(H2,12,13)(H,21,22)(H,23,31)(H2,18,19,20)/t6-,8-,9-,11-,30?/m1/s1. The van der Waals surface area contributed by atoms with E-state index >= 15 is 0 Å². The molecule has 31 heavy (non-hydrogen) atoms. The van der Waals surface area contributed by atoms with E-state index in [1.165, 1.54) is 17.1 Å². The van der Waals surface area contributed by atoms with E-state index in [9.17, 15) is 29.1 Å². The SMILES string of the molecule is Nc1nccc2c1ncn2[C@@H]1O[C@H](COP(O)(=S)OP(=O)(O)OP(=O)(O)O)[C@@H](O)[C@H]1O. The minimum atomic E-state index is -5.48. The van der Waals surface area contributed by atoms with Gasteiger partial charge in [0, 0.05) is 6.20 Å². The smallest absolute Gasteiger partial charge is 0.387 e. The van der Waals surface area contributed by atoms with E-state index < -0.39 is 53.5 Å². The molecule has 1 saturated heterocycles. The number of imidazole rings is 1. The van der Waals surface area contributed by atoms with Crippen LogP contribution in [0, 0.1) is 0 Å². The van der Waals surface area contributed by atoms with Crippen molar-refractivity contribution in [1.29, 1.82) is 0 Å². The number of hydrogen-bond donors (Lipinski definition) is 7. The van der Waals surface area contributed by atoms with Crippen LogP contribution >= 0.6 is 22.4 Å². The lowest BCUT2D eigenvalue weighted by Gasteiger charge is -2.21. The number of nitrogens with zero attached hydrogens (tertiary/aromatic N) is 3. The molecule has 3 heterocycles. The second kappa shape index (κ2) is 8.82. The molecule has 1 aliphatic heterocycles. The summed E-state index contributed by atoms with van der Waals surface area (Å²) < 4.78 is 41.5. The van der Waals surface area contributed by atoms with Crippen molar-refractivity contribution in [2.45, 2.75) is 24.5 Å². The van der Waals surface area contributed by atoms with Crippen molar-refractivity contribution in [3.05, 3.63) is 18.6 Å². The maximum Gasteiger partial charge on any atom is 0.488 e. The predicted molar refractivity (Wildman–Crippen MR) is 104 cm³/mol. The molecule has 20 heteroatoms. The topological polar surface area (TPSA) is 249 Å². The number of ether oxygens (including phenoxy) is 1. The lowest BCUT2D eigenvalue weighted by Crippen LogP contribution is -2.33. The van der Waals surface area contributed by atoms with Crippen LogP contribution < -0.4 is 5.73 Å². The lowest BCUT2D eigenvalue weighted by atomic mass is 10.1. The van der Waals surface area contributed by atoms with Gasteiger partial charge in [-0.2, -0.15) is 4.31 Å². The highest BCUT2D eigenvalue weighted by atomic mass is 32.5. The lowest BCUT2D eigenvalue weighted by molar-refractivity contribution is -0.0484. The van der Waals surface area contributed by atoms with Crippen LogP contribution in [-0.4, -0.2) is 69.2 Å². The van der Waals surface area contributed by atoms with Gasteiger partial charge in [-0.1, -0.05) is 0 Å². The average molecular weight is 522 g/mol. The molecule has 0 radical (unpaired) electrons. The van der Waals surface area contributed by atoms with E-state index in [4.69, 9.17) is 24.8 Å². The van der Waals surface area contributed by atoms with Crippen LogP contribution in [-0.2, 0) is 38.8 Å². The quantitative estimate of drug-likeness (QED) is 0.207. The maximum absolute atomic E-state index is 11.5. The van der Waals surface area contributed by atoms with Gasteiger partial charge in [-0.25, -0.2) is 23.4 Å². The first-order valence-corrected chi connectivity index (χ1v) is 13.7. The fraction of sp³-hybridized carbons (Fsp3) is 0.455. The highest BCUT2D eigenvalue weighted by molar-refractivity contribution is 8.08. The van der Waals surface area contributed by atoms with Crippen molar-refractivity contribution in [2.75, 3.05) is 12.3 Å². The van der Waals surface area contributed by atoms with Crippen molar-refractivity contribution in [3.8, 4) is 0 Å². The summed E-state index contributed by atoms with van der Waals surface area (Å²) in [5, 5.41) is 20.6. The Labute approximate surface area is 178 Å². The van der Waals surface area contributed by atoms with Gasteiger partial charge in [-0.3, -0.25) is 0 Å². The first-order valence-electron chi connectivity index (χ1n) is 8.06. The van der Waals surface area contributed by atoms with Crippen LogP contribution in [0.1, 0.15) is 6.23 Å². The second-order valence-electron chi connectivity index (χ2n) is 6.15. The molecule has 174 valence electrons. The van der Waals surface area contributed by atoms with Crippen molar-refractivity contribution in [3.63, 3.8) is 0 Å². The van der Waals surface area contributed by atoms with Gasteiger partial charge in [0.25, 0.3) is 0 Å². The Bertz CT molecular complexity index is 1110. The summed E-state index contributed by atoms with van der Waals surface area (Å²) in [4.78, 5) is 44.2. The highest BCUT2D eigenvalue weighted by Gasteiger charge is 2.45. The molecule has 1 fully saturated rings. The fourth-order valence-corrected chi connectivity index (χ4v) is 6.72. The van der Waals surface area contributed by atoms with Crippen LogP contribution in [0.5, 0.6) is 0 Å². The molecule has 0 saturated carbocycles. The van der Waals surface area contributed by atoms with Crippen LogP contribution in [0.4, 0.5) is 5.82 Å². The van der Waals surface area contributed by atoms with Gasteiger partial charge in [-0.05, 0) is 17.9 Å². The Hall–Kier alpha value is -0.870. The van der Waals surface area contributed by atoms with Crippen LogP contribution in [0.3, 0.4) is 0 Å². The summed E-state index contributed by atoms with van der Waals surface area (Å²) in [5.41, 5.74) is 6.50. The van der Waals surface area contributed by atoms with Crippen LogP contribution in [0.15, 0.2) is 18.6 Å². The molecule has 3 rings (SSSR count). The van der Waals surface area contributed by atoms with E-state index in [2.05, 4.69) is 30.4 Å². The number of nitrogens with two attached hydrogens (primary N) is 1. The van der Waals surface area contributed by atoms with E-state index in [0.717, 1.165) is 0 Å².